The highest BCUT2D eigenvalue weighted by molar-refractivity contribution is 5.82. The molecule has 0 atom stereocenters. The Kier molecular flexibility index (Phi) is 3.29. The molecule has 0 unspecified atom stereocenters. The first-order valence-corrected chi connectivity index (χ1v) is 6.48. The van der Waals surface area contributed by atoms with Gasteiger partial charge in [-0.05, 0) is 28.5 Å². The molecular formula is C16H17N3. The van der Waals surface area contributed by atoms with Crippen molar-refractivity contribution in [2.24, 2.45) is 7.05 Å². The maximum absolute atomic E-state index is 4.35. The summed E-state index contributed by atoms with van der Waals surface area (Å²) in [5.41, 5.74) is 2.37. The van der Waals surface area contributed by atoms with Crippen LogP contribution in [0.3, 0.4) is 0 Å². The fourth-order valence-corrected chi connectivity index (χ4v) is 2.24. The highest BCUT2D eigenvalue weighted by atomic mass is 15.3. The third kappa shape index (κ3) is 2.83. The molecule has 3 nitrogen and oxygen atoms in total. The monoisotopic (exact) mass is 251 g/mol. The maximum atomic E-state index is 4.35. The van der Waals surface area contributed by atoms with Gasteiger partial charge in [-0.2, -0.15) is 5.10 Å². The highest BCUT2D eigenvalue weighted by Gasteiger charge is 1.98. The molecule has 1 aromatic heterocycles. The smallest absolute Gasteiger partial charge is 0.0762 e. The number of rotatable bonds is 4. The van der Waals surface area contributed by atoms with Gasteiger partial charge in [0.25, 0.3) is 0 Å². The van der Waals surface area contributed by atoms with Gasteiger partial charge in [0.2, 0.25) is 0 Å². The molecule has 2 aromatic carbocycles. The fourth-order valence-electron chi connectivity index (χ4n) is 2.24. The van der Waals surface area contributed by atoms with Crippen LogP contribution in [0.5, 0.6) is 0 Å². The van der Waals surface area contributed by atoms with E-state index in [2.05, 4.69) is 52.9 Å². The van der Waals surface area contributed by atoms with Crippen LogP contribution in [0.25, 0.3) is 10.8 Å². The van der Waals surface area contributed by atoms with Crippen LogP contribution < -0.4 is 5.32 Å². The third-order valence-corrected chi connectivity index (χ3v) is 3.22. The summed E-state index contributed by atoms with van der Waals surface area (Å²) in [5.74, 6) is 0. The van der Waals surface area contributed by atoms with Gasteiger partial charge in [0.15, 0.2) is 0 Å². The van der Waals surface area contributed by atoms with Crippen LogP contribution in [0.4, 0.5) is 0 Å². The van der Waals surface area contributed by atoms with E-state index in [9.17, 15) is 0 Å². The van der Waals surface area contributed by atoms with E-state index in [1.807, 2.05) is 24.0 Å². The van der Waals surface area contributed by atoms with Crippen molar-refractivity contribution in [1.82, 2.24) is 15.1 Å². The number of aryl methyl sites for hydroxylation is 1. The van der Waals surface area contributed by atoms with E-state index >= 15 is 0 Å². The molecule has 0 bridgehead atoms. The summed E-state index contributed by atoms with van der Waals surface area (Å²) in [4.78, 5) is 0. The van der Waals surface area contributed by atoms with Crippen molar-refractivity contribution in [3.63, 3.8) is 0 Å². The van der Waals surface area contributed by atoms with Gasteiger partial charge in [0, 0.05) is 26.3 Å². The molecule has 0 spiro atoms. The van der Waals surface area contributed by atoms with Crippen molar-refractivity contribution in [3.05, 3.63) is 66.0 Å². The van der Waals surface area contributed by atoms with E-state index in [1.54, 1.807) is 0 Å². The van der Waals surface area contributed by atoms with Gasteiger partial charge in [-0.1, -0.05) is 36.4 Å². The number of fused-ring (bicyclic) bond motifs is 1. The normalized spacial score (nSPS) is 11.0. The van der Waals surface area contributed by atoms with Crippen LogP contribution in [0.2, 0.25) is 0 Å². The third-order valence-electron chi connectivity index (χ3n) is 3.22. The predicted octanol–water partition coefficient (Wildman–Crippen LogP) is 2.86. The molecule has 3 heteroatoms. The first-order valence-electron chi connectivity index (χ1n) is 6.48. The summed E-state index contributed by atoms with van der Waals surface area (Å²) in [6, 6.07) is 17.1. The molecule has 96 valence electrons. The lowest BCUT2D eigenvalue weighted by Gasteiger charge is -2.05. The van der Waals surface area contributed by atoms with Gasteiger partial charge in [-0.25, -0.2) is 0 Å². The first-order chi connectivity index (χ1) is 9.31. The molecule has 0 aliphatic heterocycles. The first kappa shape index (κ1) is 11.9. The Balaban J connectivity index is 1.65. The van der Waals surface area contributed by atoms with Crippen LogP contribution in [0, 0.1) is 0 Å². The van der Waals surface area contributed by atoms with Crippen molar-refractivity contribution in [3.8, 4) is 0 Å². The van der Waals surface area contributed by atoms with Gasteiger partial charge in [-0.15, -0.1) is 0 Å². The van der Waals surface area contributed by atoms with Crippen molar-refractivity contribution < 1.29 is 0 Å². The molecule has 0 radical (unpaired) electrons. The zero-order valence-electron chi connectivity index (χ0n) is 11.0. The number of benzene rings is 2. The SMILES string of the molecule is Cn1ccc(CNCc2ccc3ccccc3c2)n1. The summed E-state index contributed by atoms with van der Waals surface area (Å²) < 4.78 is 1.83. The van der Waals surface area contributed by atoms with E-state index in [-0.39, 0.29) is 0 Å². The minimum absolute atomic E-state index is 0.799. The van der Waals surface area contributed by atoms with Gasteiger partial charge < -0.3 is 5.32 Å². The lowest BCUT2D eigenvalue weighted by atomic mass is 10.1. The van der Waals surface area contributed by atoms with Gasteiger partial charge in [0.05, 0.1) is 5.69 Å². The number of hydrogen-bond acceptors (Lipinski definition) is 2. The van der Waals surface area contributed by atoms with E-state index in [0.29, 0.717) is 0 Å². The Labute approximate surface area is 112 Å². The topological polar surface area (TPSA) is 29.9 Å². The van der Waals surface area contributed by atoms with Crippen LogP contribution in [0.1, 0.15) is 11.3 Å². The standard InChI is InChI=1S/C16H17N3/c1-19-9-8-16(18-19)12-17-11-13-6-7-14-4-2-3-5-15(14)10-13/h2-10,17H,11-12H2,1H3. The predicted molar refractivity (Wildman–Crippen MR) is 77.7 cm³/mol. The second kappa shape index (κ2) is 5.24. The zero-order valence-corrected chi connectivity index (χ0v) is 11.0. The van der Waals surface area contributed by atoms with Crippen molar-refractivity contribution >= 4 is 10.8 Å². The van der Waals surface area contributed by atoms with Gasteiger partial charge in [-0.3, -0.25) is 4.68 Å². The summed E-state index contributed by atoms with van der Waals surface area (Å²) >= 11 is 0. The minimum Gasteiger partial charge on any atom is -0.307 e. The molecule has 3 aromatic rings. The van der Waals surface area contributed by atoms with E-state index in [1.165, 1.54) is 16.3 Å². The molecule has 3 rings (SSSR count). The molecule has 0 saturated heterocycles. The van der Waals surface area contributed by atoms with Crippen molar-refractivity contribution in [2.45, 2.75) is 13.1 Å². The van der Waals surface area contributed by atoms with Crippen molar-refractivity contribution in [2.75, 3.05) is 0 Å². The summed E-state index contributed by atoms with van der Waals surface area (Å²) in [5, 5.41) is 10.3. The summed E-state index contributed by atoms with van der Waals surface area (Å²) in [6.45, 7) is 1.66. The number of nitrogens with one attached hydrogen (secondary N) is 1. The molecule has 0 aliphatic rings. The second-order valence-electron chi connectivity index (χ2n) is 4.77. The quantitative estimate of drug-likeness (QED) is 0.772. The number of nitrogens with zero attached hydrogens (tertiary/aromatic N) is 2. The average molecular weight is 251 g/mol. The van der Waals surface area contributed by atoms with Crippen LogP contribution >= 0.6 is 0 Å². The Morgan fingerprint density at radius 3 is 2.63 bits per heavy atom. The van der Waals surface area contributed by atoms with Gasteiger partial charge >= 0.3 is 0 Å². The molecule has 0 fully saturated rings. The lowest BCUT2D eigenvalue weighted by Crippen LogP contribution is -2.13. The van der Waals surface area contributed by atoms with E-state index in [0.717, 1.165) is 18.8 Å². The molecular weight excluding hydrogens is 234 g/mol. The second-order valence-corrected chi connectivity index (χ2v) is 4.77. The van der Waals surface area contributed by atoms with Crippen LogP contribution in [-0.2, 0) is 20.1 Å². The Bertz CT molecular complexity index is 685. The van der Waals surface area contributed by atoms with Crippen LogP contribution in [0.15, 0.2) is 54.7 Å². The molecule has 0 saturated carbocycles. The Hall–Kier alpha value is -2.13. The molecule has 1 N–H and O–H groups in total. The molecule has 19 heavy (non-hydrogen) atoms. The van der Waals surface area contributed by atoms with Crippen molar-refractivity contribution in [1.29, 1.82) is 0 Å². The fraction of sp³-hybridized carbons (Fsp3) is 0.188. The van der Waals surface area contributed by atoms with Gasteiger partial charge in [0.1, 0.15) is 0 Å². The van der Waals surface area contributed by atoms with E-state index < -0.39 is 0 Å². The van der Waals surface area contributed by atoms with Crippen LogP contribution in [-0.4, -0.2) is 9.78 Å². The zero-order chi connectivity index (χ0) is 13.1. The summed E-state index contributed by atoms with van der Waals surface area (Å²) in [6.07, 6.45) is 1.97. The van der Waals surface area contributed by atoms with E-state index in [4.69, 9.17) is 0 Å². The minimum atomic E-state index is 0.799. The number of hydrogen-bond donors (Lipinski definition) is 1. The molecule has 0 amide bonds. The Morgan fingerprint density at radius 1 is 1.00 bits per heavy atom. The molecule has 0 aliphatic carbocycles. The Morgan fingerprint density at radius 2 is 1.84 bits per heavy atom. The summed E-state index contributed by atoms with van der Waals surface area (Å²) in [7, 11) is 1.94. The molecule has 1 heterocycles. The lowest BCUT2D eigenvalue weighted by molar-refractivity contribution is 0.657. The average Bonchev–Trinajstić information content (AvgIpc) is 2.84. The largest absolute Gasteiger partial charge is 0.307 e. The highest BCUT2D eigenvalue weighted by Crippen LogP contribution is 2.15. The maximum Gasteiger partial charge on any atom is 0.0762 e. The number of aromatic nitrogens is 2.